The van der Waals surface area contributed by atoms with Crippen LogP contribution in [0.1, 0.15) is 12.5 Å². The van der Waals surface area contributed by atoms with E-state index >= 15 is 0 Å². The smallest absolute Gasteiger partial charge is 0.306 e. The Hall–Kier alpha value is -1.07. The molecule has 0 aromatic heterocycles. The SMILES string of the molecule is COc1ccc(CN2CC(C(C)C(=O)O)C2)cc1Br. The third-order valence-corrected chi connectivity index (χ3v) is 4.32. The van der Waals surface area contributed by atoms with Gasteiger partial charge in [0.25, 0.3) is 0 Å². The van der Waals surface area contributed by atoms with Gasteiger partial charge in [-0.15, -0.1) is 0 Å². The molecule has 0 spiro atoms. The van der Waals surface area contributed by atoms with Gasteiger partial charge in [-0.2, -0.15) is 0 Å². The summed E-state index contributed by atoms with van der Waals surface area (Å²) in [4.78, 5) is 13.1. The number of carboxylic acids is 1. The summed E-state index contributed by atoms with van der Waals surface area (Å²) in [5, 5.41) is 8.95. The standard InChI is InChI=1S/C14H18BrNO3/c1-9(14(17)18)11-7-16(8-11)6-10-3-4-13(19-2)12(15)5-10/h3-5,9,11H,6-8H2,1-2H3,(H,17,18). The van der Waals surface area contributed by atoms with Crippen LogP contribution in [0.25, 0.3) is 0 Å². The van der Waals surface area contributed by atoms with Crippen LogP contribution in [0.3, 0.4) is 0 Å². The number of hydrogen-bond donors (Lipinski definition) is 1. The minimum Gasteiger partial charge on any atom is -0.496 e. The Morgan fingerprint density at radius 1 is 1.58 bits per heavy atom. The minimum absolute atomic E-state index is 0.251. The van der Waals surface area contributed by atoms with Gasteiger partial charge in [0.2, 0.25) is 0 Å². The lowest BCUT2D eigenvalue weighted by Gasteiger charge is -2.41. The summed E-state index contributed by atoms with van der Waals surface area (Å²) in [6.45, 7) is 4.36. The van der Waals surface area contributed by atoms with Crippen LogP contribution in [0, 0.1) is 11.8 Å². The molecule has 1 unspecified atom stereocenters. The van der Waals surface area contributed by atoms with Crippen molar-refractivity contribution in [3.8, 4) is 5.75 Å². The monoisotopic (exact) mass is 327 g/mol. The van der Waals surface area contributed by atoms with Gasteiger partial charge in [-0.3, -0.25) is 9.69 Å². The first kappa shape index (κ1) is 14.3. The number of benzene rings is 1. The predicted molar refractivity (Wildman–Crippen MR) is 76.3 cm³/mol. The molecular formula is C14H18BrNO3. The van der Waals surface area contributed by atoms with Gasteiger partial charge in [0, 0.05) is 19.6 Å². The third kappa shape index (κ3) is 3.28. The Kier molecular flexibility index (Phi) is 4.47. The summed E-state index contributed by atoms with van der Waals surface area (Å²) < 4.78 is 6.14. The molecule has 1 atom stereocenters. The van der Waals surface area contributed by atoms with Crippen LogP contribution < -0.4 is 4.74 Å². The average Bonchev–Trinajstić information content (AvgIpc) is 2.32. The van der Waals surface area contributed by atoms with E-state index in [9.17, 15) is 4.79 Å². The minimum atomic E-state index is -0.697. The van der Waals surface area contributed by atoms with Crippen LogP contribution >= 0.6 is 15.9 Å². The van der Waals surface area contributed by atoms with E-state index in [0.717, 1.165) is 29.9 Å². The number of ether oxygens (including phenoxy) is 1. The Bertz CT molecular complexity index is 472. The van der Waals surface area contributed by atoms with Crippen molar-refractivity contribution in [1.82, 2.24) is 4.90 Å². The fraction of sp³-hybridized carbons (Fsp3) is 0.500. The van der Waals surface area contributed by atoms with E-state index in [0.29, 0.717) is 0 Å². The van der Waals surface area contributed by atoms with Crippen LogP contribution in [0.5, 0.6) is 5.75 Å². The summed E-state index contributed by atoms with van der Waals surface area (Å²) in [6.07, 6.45) is 0. The molecule has 19 heavy (non-hydrogen) atoms. The lowest BCUT2D eigenvalue weighted by Crippen LogP contribution is -2.50. The van der Waals surface area contributed by atoms with Crippen molar-refractivity contribution in [3.05, 3.63) is 28.2 Å². The molecule has 104 valence electrons. The molecule has 1 heterocycles. The van der Waals surface area contributed by atoms with Gasteiger partial charge < -0.3 is 9.84 Å². The van der Waals surface area contributed by atoms with E-state index < -0.39 is 5.97 Å². The molecule has 1 aromatic rings. The lowest BCUT2D eigenvalue weighted by atomic mass is 9.87. The quantitative estimate of drug-likeness (QED) is 0.903. The maximum absolute atomic E-state index is 10.9. The van der Waals surface area contributed by atoms with Gasteiger partial charge in [0.05, 0.1) is 17.5 Å². The first-order valence-electron chi connectivity index (χ1n) is 6.29. The maximum atomic E-state index is 10.9. The van der Waals surface area contributed by atoms with Crippen molar-refractivity contribution in [2.45, 2.75) is 13.5 Å². The van der Waals surface area contributed by atoms with Gasteiger partial charge in [0.15, 0.2) is 0 Å². The fourth-order valence-corrected chi connectivity index (χ4v) is 2.91. The van der Waals surface area contributed by atoms with Gasteiger partial charge in [-0.1, -0.05) is 13.0 Å². The Morgan fingerprint density at radius 2 is 2.26 bits per heavy atom. The Labute approximate surface area is 121 Å². The van der Waals surface area contributed by atoms with E-state index in [-0.39, 0.29) is 11.8 Å². The molecule has 1 N–H and O–H groups in total. The van der Waals surface area contributed by atoms with Gasteiger partial charge in [0.1, 0.15) is 5.75 Å². The third-order valence-electron chi connectivity index (χ3n) is 3.70. The zero-order valence-corrected chi connectivity index (χ0v) is 12.7. The van der Waals surface area contributed by atoms with Crippen molar-refractivity contribution in [2.75, 3.05) is 20.2 Å². The molecule has 4 nitrogen and oxygen atoms in total. The van der Waals surface area contributed by atoms with E-state index in [2.05, 4.69) is 20.8 Å². The second kappa shape index (κ2) is 5.92. The zero-order chi connectivity index (χ0) is 14.0. The molecule has 0 saturated carbocycles. The number of rotatable bonds is 5. The molecule has 1 aliphatic rings. The van der Waals surface area contributed by atoms with Crippen LogP contribution in [0.15, 0.2) is 22.7 Å². The molecule has 2 rings (SSSR count). The Morgan fingerprint density at radius 3 is 2.79 bits per heavy atom. The fourth-order valence-electron chi connectivity index (χ4n) is 2.32. The highest BCUT2D eigenvalue weighted by Gasteiger charge is 2.34. The molecule has 0 aliphatic carbocycles. The average molecular weight is 328 g/mol. The first-order valence-corrected chi connectivity index (χ1v) is 7.08. The van der Waals surface area contributed by atoms with E-state index in [1.165, 1.54) is 5.56 Å². The van der Waals surface area contributed by atoms with Crippen molar-refractivity contribution in [2.24, 2.45) is 11.8 Å². The highest BCUT2D eigenvalue weighted by atomic mass is 79.9. The summed E-state index contributed by atoms with van der Waals surface area (Å²) in [7, 11) is 1.65. The largest absolute Gasteiger partial charge is 0.496 e. The van der Waals surface area contributed by atoms with E-state index in [4.69, 9.17) is 9.84 Å². The Balaban J connectivity index is 1.88. The number of halogens is 1. The van der Waals surface area contributed by atoms with Gasteiger partial charge >= 0.3 is 5.97 Å². The molecule has 5 heteroatoms. The molecule has 0 radical (unpaired) electrons. The summed E-state index contributed by atoms with van der Waals surface area (Å²) >= 11 is 3.47. The number of nitrogens with zero attached hydrogens (tertiary/aromatic N) is 1. The van der Waals surface area contributed by atoms with E-state index in [1.54, 1.807) is 14.0 Å². The molecule has 0 bridgehead atoms. The topological polar surface area (TPSA) is 49.8 Å². The lowest BCUT2D eigenvalue weighted by molar-refractivity contribution is -0.145. The van der Waals surface area contributed by atoms with Crippen LogP contribution in [0.2, 0.25) is 0 Å². The normalized spacial score (nSPS) is 17.8. The van der Waals surface area contributed by atoms with Crippen molar-refractivity contribution in [1.29, 1.82) is 0 Å². The molecule has 1 saturated heterocycles. The number of aliphatic carboxylic acids is 1. The first-order chi connectivity index (χ1) is 9.01. The van der Waals surface area contributed by atoms with Crippen LogP contribution in [-0.4, -0.2) is 36.2 Å². The zero-order valence-electron chi connectivity index (χ0n) is 11.1. The van der Waals surface area contributed by atoms with Crippen LogP contribution in [0.4, 0.5) is 0 Å². The molecule has 1 aliphatic heterocycles. The predicted octanol–water partition coefficient (Wildman–Crippen LogP) is 2.61. The molecule has 0 amide bonds. The molecule has 1 aromatic carbocycles. The second-order valence-electron chi connectivity index (χ2n) is 5.05. The van der Waals surface area contributed by atoms with Gasteiger partial charge in [-0.25, -0.2) is 0 Å². The van der Waals surface area contributed by atoms with Gasteiger partial charge in [-0.05, 0) is 39.5 Å². The van der Waals surface area contributed by atoms with Crippen molar-refractivity contribution < 1.29 is 14.6 Å². The number of methoxy groups -OCH3 is 1. The summed E-state index contributed by atoms with van der Waals surface area (Å²) in [5.41, 5.74) is 1.20. The van der Waals surface area contributed by atoms with Crippen LogP contribution in [-0.2, 0) is 11.3 Å². The maximum Gasteiger partial charge on any atom is 0.306 e. The highest BCUT2D eigenvalue weighted by Crippen LogP contribution is 2.29. The number of carboxylic acid groups (broad SMARTS) is 1. The summed E-state index contributed by atoms with van der Waals surface area (Å²) in [5.74, 6) is 0.152. The van der Waals surface area contributed by atoms with Crippen molar-refractivity contribution >= 4 is 21.9 Å². The summed E-state index contributed by atoms with van der Waals surface area (Å²) in [6, 6.07) is 6.03. The molecule has 1 fully saturated rings. The van der Waals surface area contributed by atoms with E-state index in [1.807, 2.05) is 18.2 Å². The highest BCUT2D eigenvalue weighted by molar-refractivity contribution is 9.10. The number of carbonyl (C=O) groups is 1. The second-order valence-corrected chi connectivity index (χ2v) is 5.90. The molecular weight excluding hydrogens is 310 g/mol. The van der Waals surface area contributed by atoms with Crippen molar-refractivity contribution in [3.63, 3.8) is 0 Å². The number of likely N-dealkylation sites (tertiary alicyclic amines) is 1. The number of hydrogen-bond acceptors (Lipinski definition) is 3.